The molecule has 2 rings (SSSR count). The van der Waals surface area contributed by atoms with Gasteiger partial charge in [-0.2, -0.15) is 0 Å². The van der Waals surface area contributed by atoms with Gasteiger partial charge in [-0.1, -0.05) is 23.1 Å². The first-order chi connectivity index (χ1) is 8.65. The van der Waals surface area contributed by atoms with Gasteiger partial charge in [-0.25, -0.2) is 0 Å². The summed E-state index contributed by atoms with van der Waals surface area (Å²) < 4.78 is 6.25. The lowest BCUT2D eigenvalue weighted by Crippen LogP contribution is -2.29. The summed E-state index contributed by atoms with van der Waals surface area (Å²) in [5, 5.41) is 20.5. The number of rotatable bonds is 6. The largest absolute Gasteiger partial charge is 0.481 e. The summed E-state index contributed by atoms with van der Waals surface area (Å²) in [5.74, 6) is -0.840. The van der Waals surface area contributed by atoms with Gasteiger partial charge >= 0.3 is 5.97 Å². The van der Waals surface area contributed by atoms with E-state index >= 15 is 0 Å². The molecule has 6 nitrogen and oxygen atoms in total. The van der Waals surface area contributed by atoms with Gasteiger partial charge in [0.2, 0.25) is 5.13 Å². The van der Waals surface area contributed by atoms with E-state index in [1.54, 1.807) is 0 Å². The number of anilines is 1. The molecule has 1 aliphatic heterocycles. The fourth-order valence-electron chi connectivity index (χ4n) is 1.73. The van der Waals surface area contributed by atoms with Crippen LogP contribution in [-0.4, -0.2) is 45.8 Å². The predicted octanol–water partition coefficient (Wildman–Crippen LogP) is 1.69. The second-order valence-electron chi connectivity index (χ2n) is 4.04. The lowest BCUT2D eigenvalue weighted by Gasteiger charge is -2.18. The van der Waals surface area contributed by atoms with Gasteiger partial charge in [-0.3, -0.25) is 4.79 Å². The Morgan fingerprint density at radius 3 is 3.22 bits per heavy atom. The SMILES string of the molecule is CC(Nc1nnc(SCC(=O)O)s1)C1CCCO1. The Hall–Kier alpha value is -0.860. The fraction of sp³-hybridized carbons (Fsp3) is 0.700. The summed E-state index contributed by atoms with van der Waals surface area (Å²) in [6.07, 6.45) is 2.39. The maximum Gasteiger partial charge on any atom is 0.313 e. The molecule has 0 bridgehead atoms. The molecule has 0 spiro atoms. The van der Waals surface area contributed by atoms with Crippen molar-refractivity contribution in [1.82, 2.24) is 10.2 Å². The van der Waals surface area contributed by atoms with E-state index in [1.807, 2.05) is 0 Å². The summed E-state index contributed by atoms with van der Waals surface area (Å²) in [7, 11) is 0. The maximum atomic E-state index is 10.4. The summed E-state index contributed by atoms with van der Waals surface area (Å²) in [4.78, 5) is 10.4. The standard InChI is InChI=1S/C10H15N3O3S2/c1-6(7-3-2-4-16-7)11-9-12-13-10(18-9)17-5-8(14)15/h6-7H,2-5H2,1H3,(H,11,12)(H,14,15). The van der Waals surface area contributed by atoms with Crippen molar-refractivity contribution >= 4 is 34.2 Å². The van der Waals surface area contributed by atoms with E-state index in [9.17, 15) is 4.79 Å². The Balaban J connectivity index is 1.83. The zero-order valence-electron chi connectivity index (χ0n) is 9.96. The molecule has 1 aromatic heterocycles. The number of thioether (sulfide) groups is 1. The van der Waals surface area contributed by atoms with Crippen LogP contribution in [0.5, 0.6) is 0 Å². The van der Waals surface area contributed by atoms with Crippen molar-refractivity contribution in [2.24, 2.45) is 0 Å². The molecule has 1 aromatic rings. The molecule has 100 valence electrons. The van der Waals surface area contributed by atoms with Crippen molar-refractivity contribution < 1.29 is 14.6 Å². The predicted molar refractivity (Wildman–Crippen MR) is 70.3 cm³/mol. The highest BCUT2D eigenvalue weighted by molar-refractivity contribution is 8.01. The maximum absolute atomic E-state index is 10.4. The van der Waals surface area contributed by atoms with Crippen LogP contribution >= 0.6 is 23.1 Å². The number of carbonyl (C=O) groups is 1. The van der Waals surface area contributed by atoms with Gasteiger partial charge in [0.1, 0.15) is 0 Å². The third-order valence-electron chi connectivity index (χ3n) is 2.60. The second kappa shape index (κ2) is 6.35. The highest BCUT2D eigenvalue weighted by Crippen LogP contribution is 2.27. The molecule has 0 amide bonds. The molecule has 2 N–H and O–H groups in total. The number of ether oxygens (including phenoxy) is 1. The molecule has 0 aromatic carbocycles. The molecule has 1 aliphatic rings. The summed E-state index contributed by atoms with van der Waals surface area (Å²) in [6, 6.07) is 0.192. The molecular weight excluding hydrogens is 274 g/mol. The Bertz CT molecular complexity index is 407. The first-order valence-corrected chi connectivity index (χ1v) is 7.51. The van der Waals surface area contributed by atoms with Gasteiger partial charge in [0.15, 0.2) is 4.34 Å². The van der Waals surface area contributed by atoms with E-state index in [0.717, 1.165) is 19.4 Å². The van der Waals surface area contributed by atoms with E-state index < -0.39 is 5.97 Å². The van der Waals surface area contributed by atoms with Crippen LogP contribution in [0.4, 0.5) is 5.13 Å². The number of hydrogen-bond acceptors (Lipinski definition) is 7. The molecule has 0 aliphatic carbocycles. The zero-order chi connectivity index (χ0) is 13.0. The molecule has 1 saturated heterocycles. The number of carboxylic acid groups (broad SMARTS) is 1. The Labute approximate surface area is 113 Å². The number of aromatic nitrogens is 2. The molecule has 2 heterocycles. The monoisotopic (exact) mass is 289 g/mol. The number of hydrogen-bond donors (Lipinski definition) is 2. The average Bonchev–Trinajstić information content (AvgIpc) is 2.97. The normalized spacial score (nSPS) is 20.8. The van der Waals surface area contributed by atoms with E-state index in [-0.39, 0.29) is 17.9 Å². The minimum absolute atomic E-state index is 0.00984. The summed E-state index contributed by atoms with van der Waals surface area (Å²) in [5.41, 5.74) is 0. The second-order valence-corrected chi connectivity index (χ2v) is 6.24. The lowest BCUT2D eigenvalue weighted by atomic mass is 10.1. The third kappa shape index (κ3) is 3.82. The molecule has 2 atom stereocenters. The minimum Gasteiger partial charge on any atom is -0.481 e. The van der Waals surface area contributed by atoms with Crippen molar-refractivity contribution in [3.05, 3.63) is 0 Å². The summed E-state index contributed by atoms with van der Waals surface area (Å²) in [6.45, 7) is 2.88. The van der Waals surface area contributed by atoms with E-state index in [4.69, 9.17) is 9.84 Å². The number of nitrogens with one attached hydrogen (secondary N) is 1. The molecule has 0 radical (unpaired) electrons. The lowest BCUT2D eigenvalue weighted by molar-refractivity contribution is -0.133. The van der Waals surface area contributed by atoms with Crippen LogP contribution in [0.3, 0.4) is 0 Å². The highest BCUT2D eigenvalue weighted by Gasteiger charge is 2.23. The van der Waals surface area contributed by atoms with E-state index in [1.165, 1.54) is 23.1 Å². The van der Waals surface area contributed by atoms with E-state index in [2.05, 4.69) is 22.4 Å². The highest BCUT2D eigenvalue weighted by atomic mass is 32.2. The Kier molecular flexibility index (Phi) is 4.79. The van der Waals surface area contributed by atoms with Crippen molar-refractivity contribution in [3.8, 4) is 0 Å². The summed E-state index contributed by atoms with van der Waals surface area (Å²) >= 11 is 2.56. The number of aliphatic carboxylic acids is 1. The van der Waals surface area contributed by atoms with Gasteiger partial charge in [0, 0.05) is 6.61 Å². The van der Waals surface area contributed by atoms with Crippen LogP contribution in [-0.2, 0) is 9.53 Å². The van der Waals surface area contributed by atoms with Crippen LogP contribution in [0, 0.1) is 0 Å². The fourth-order valence-corrected chi connectivity index (χ4v) is 3.30. The van der Waals surface area contributed by atoms with Crippen LogP contribution in [0.25, 0.3) is 0 Å². The van der Waals surface area contributed by atoms with Crippen molar-refractivity contribution in [3.63, 3.8) is 0 Å². The van der Waals surface area contributed by atoms with Crippen molar-refractivity contribution in [1.29, 1.82) is 0 Å². The molecule has 2 unspecified atom stereocenters. The quantitative estimate of drug-likeness (QED) is 0.771. The smallest absolute Gasteiger partial charge is 0.313 e. The average molecular weight is 289 g/mol. The van der Waals surface area contributed by atoms with Gasteiger partial charge < -0.3 is 15.2 Å². The minimum atomic E-state index is -0.850. The topological polar surface area (TPSA) is 84.3 Å². The van der Waals surface area contributed by atoms with Gasteiger partial charge in [0.05, 0.1) is 17.9 Å². The molecule has 8 heteroatoms. The Morgan fingerprint density at radius 1 is 1.72 bits per heavy atom. The number of carboxylic acids is 1. The van der Waals surface area contributed by atoms with Crippen LogP contribution in [0.15, 0.2) is 4.34 Å². The van der Waals surface area contributed by atoms with E-state index in [0.29, 0.717) is 9.47 Å². The first-order valence-electron chi connectivity index (χ1n) is 5.71. The first kappa shape index (κ1) is 13.6. The van der Waals surface area contributed by atoms with Crippen LogP contribution in [0.2, 0.25) is 0 Å². The Morgan fingerprint density at radius 2 is 2.56 bits per heavy atom. The third-order valence-corrected chi connectivity index (χ3v) is 4.57. The van der Waals surface area contributed by atoms with Crippen molar-refractivity contribution in [2.75, 3.05) is 17.7 Å². The van der Waals surface area contributed by atoms with Crippen LogP contribution < -0.4 is 5.32 Å². The molecule has 0 saturated carbocycles. The van der Waals surface area contributed by atoms with Crippen LogP contribution in [0.1, 0.15) is 19.8 Å². The molecular formula is C10H15N3O3S2. The zero-order valence-corrected chi connectivity index (χ0v) is 11.6. The molecule has 18 heavy (non-hydrogen) atoms. The van der Waals surface area contributed by atoms with Gasteiger partial charge in [-0.15, -0.1) is 10.2 Å². The number of nitrogens with zero attached hydrogens (tertiary/aromatic N) is 2. The van der Waals surface area contributed by atoms with Gasteiger partial charge in [0.25, 0.3) is 0 Å². The van der Waals surface area contributed by atoms with Crippen molar-refractivity contribution in [2.45, 2.75) is 36.3 Å². The van der Waals surface area contributed by atoms with Gasteiger partial charge in [-0.05, 0) is 19.8 Å². The molecule has 1 fully saturated rings.